The zero-order valence-corrected chi connectivity index (χ0v) is 15.8. The summed E-state index contributed by atoms with van der Waals surface area (Å²) in [5, 5.41) is 0. The van der Waals surface area contributed by atoms with Crippen molar-refractivity contribution in [3.63, 3.8) is 0 Å². The number of rotatable bonds is 6. The van der Waals surface area contributed by atoms with E-state index in [0.717, 1.165) is 23.1 Å². The lowest BCUT2D eigenvalue weighted by molar-refractivity contribution is -0.129. The van der Waals surface area contributed by atoms with Gasteiger partial charge in [-0.25, -0.2) is 0 Å². The highest BCUT2D eigenvalue weighted by atomic mass is 16.2. The number of amides is 1. The van der Waals surface area contributed by atoms with E-state index in [9.17, 15) is 9.59 Å². The molecule has 0 heterocycles. The molecule has 2 aliphatic rings. The van der Waals surface area contributed by atoms with E-state index in [4.69, 9.17) is 0 Å². The highest BCUT2D eigenvalue weighted by Crippen LogP contribution is 2.41. The second kappa shape index (κ2) is 7.81. The zero-order valence-electron chi connectivity index (χ0n) is 15.8. The third-order valence-corrected chi connectivity index (χ3v) is 5.53. The van der Waals surface area contributed by atoms with Crippen molar-refractivity contribution in [2.45, 2.75) is 19.4 Å². The SMILES string of the molecule is C=C(C1=CC[C@H]2C=CC(=O)[C@@H]12)N(Cc1ccccc1)C(=O)Cc1ccccc1. The molecule has 0 saturated carbocycles. The molecule has 0 radical (unpaired) electrons. The molecule has 140 valence electrons. The number of benzene rings is 2. The zero-order chi connectivity index (χ0) is 19.5. The molecule has 0 aromatic heterocycles. The van der Waals surface area contributed by atoms with E-state index in [1.54, 1.807) is 11.0 Å². The van der Waals surface area contributed by atoms with E-state index in [1.165, 1.54) is 0 Å². The van der Waals surface area contributed by atoms with Crippen molar-refractivity contribution in [3.05, 3.63) is 108 Å². The van der Waals surface area contributed by atoms with Crippen LogP contribution in [0.5, 0.6) is 0 Å². The second-order valence-corrected chi connectivity index (χ2v) is 7.37. The summed E-state index contributed by atoms with van der Waals surface area (Å²) in [4.78, 5) is 27.3. The van der Waals surface area contributed by atoms with Gasteiger partial charge >= 0.3 is 0 Å². The summed E-state index contributed by atoms with van der Waals surface area (Å²) >= 11 is 0. The largest absolute Gasteiger partial charge is 0.308 e. The smallest absolute Gasteiger partial charge is 0.231 e. The number of hydrogen-bond donors (Lipinski definition) is 0. The number of hydrogen-bond acceptors (Lipinski definition) is 2. The molecular formula is C25H23NO2. The van der Waals surface area contributed by atoms with E-state index < -0.39 is 0 Å². The molecule has 0 spiro atoms. The quantitative estimate of drug-likeness (QED) is 0.753. The first-order chi connectivity index (χ1) is 13.6. The van der Waals surface area contributed by atoms with Gasteiger partial charge in [-0.15, -0.1) is 0 Å². The van der Waals surface area contributed by atoms with Crippen LogP contribution in [-0.2, 0) is 22.6 Å². The molecule has 3 heteroatoms. The third kappa shape index (κ3) is 3.61. The maximum Gasteiger partial charge on any atom is 0.231 e. The lowest BCUT2D eigenvalue weighted by atomic mass is 9.91. The Morgan fingerprint density at radius 1 is 1.00 bits per heavy atom. The van der Waals surface area contributed by atoms with Crippen molar-refractivity contribution in [1.29, 1.82) is 0 Å². The molecule has 3 nitrogen and oxygen atoms in total. The van der Waals surface area contributed by atoms with E-state index in [2.05, 4.69) is 12.7 Å². The lowest BCUT2D eigenvalue weighted by Crippen LogP contribution is -2.33. The fourth-order valence-corrected chi connectivity index (χ4v) is 4.05. The first-order valence-electron chi connectivity index (χ1n) is 9.63. The number of ketones is 1. The maximum absolute atomic E-state index is 13.2. The number of nitrogens with zero attached hydrogens (tertiary/aromatic N) is 1. The van der Waals surface area contributed by atoms with E-state index >= 15 is 0 Å². The Labute approximate surface area is 165 Å². The van der Waals surface area contributed by atoms with Gasteiger partial charge in [0.1, 0.15) is 0 Å². The van der Waals surface area contributed by atoms with Gasteiger partial charge in [0.2, 0.25) is 5.91 Å². The lowest BCUT2D eigenvalue weighted by Gasteiger charge is -2.28. The molecule has 4 rings (SSSR count). The Morgan fingerprint density at radius 3 is 2.32 bits per heavy atom. The van der Waals surface area contributed by atoms with Crippen molar-refractivity contribution < 1.29 is 9.59 Å². The molecule has 2 atom stereocenters. The molecule has 0 fully saturated rings. The highest BCUT2D eigenvalue weighted by molar-refractivity contribution is 5.98. The minimum atomic E-state index is -0.185. The molecule has 2 aromatic carbocycles. The van der Waals surface area contributed by atoms with Crippen LogP contribution in [0.15, 0.2) is 96.7 Å². The molecule has 0 unspecified atom stereocenters. The van der Waals surface area contributed by atoms with Gasteiger partial charge in [0.05, 0.1) is 18.9 Å². The summed E-state index contributed by atoms with van der Waals surface area (Å²) in [5.41, 5.74) is 3.55. The van der Waals surface area contributed by atoms with Gasteiger partial charge in [-0.05, 0) is 35.1 Å². The molecule has 0 bridgehead atoms. The summed E-state index contributed by atoms with van der Waals surface area (Å²) in [6.07, 6.45) is 6.86. The fourth-order valence-electron chi connectivity index (χ4n) is 4.05. The number of allylic oxidation sites excluding steroid dienone is 4. The van der Waals surface area contributed by atoms with Gasteiger partial charge < -0.3 is 4.90 Å². The Balaban J connectivity index is 1.60. The van der Waals surface area contributed by atoms with Crippen molar-refractivity contribution in [2.24, 2.45) is 11.8 Å². The van der Waals surface area contributed by atoms with Crippen LogP contribution in [0.25, 0.3) is 0 Å². The van der Waals surface area contributed by atoms with Gasteiger partial charge in [0, 0.05) is 5.70 Å². The van der Waals surface area contributed by atoms with Crippen LogP contribution in [0.4, 0.5) is 0 Å². The van der Waals surface area contributed by atoms with Crippen LogP contribution in [-0.4, -0.2) is 16.6 Å². The van der Waals surface area contributed by atoms with Gasteiger partial charge in [0.15, 0.2) is 5.78 Å². The van der Waals surface area contributed by atoms with Gasteiger partial charge in [-0.2, -0.15) is 0 Å². The summed E-state index contributed by atoms with van der Waals surface area (Å²) in [5.74, 6) is 0.130. The average molecular weight is 369 g/mol. The van der Waals surface area contributed by atoms with Crippen LogP contribution < -0.4 is 0 Å². The standard InChI is InChI=1S/C25H23NO2/c1-18(22-14-12-21-13-15-23(27)25(21)22)26(17-20-10-6-3-7-11-20)24(28)16-19-8-4-2-5-9-19/h2-11,13-15,21,25H,1,12,16-17H2/t21-,25+/m0/s1. The van der Waals surface area contributed by atoms with Crippen molar-refractivity contribution in [1.82, 2.24) is 4.90 Å². The van der Waals surface area contributed by atoms with Crippen LogP contribution in [0, 0.1) is 11.8 Å². The molecular weight excluding hydrogens is 346 g/mol. The van der Waals surface area contributed by atoms with E-state index in [1.807, 2.05) is 66.7 Å². The molecule has 0 N–H and O–H groups in total. The first-order valence-corrected chi connectivity index (χ1v) is 9.63. The van der Waals surface area contributed by atoms with Crippen LogP contribution in [0.2, 0.25) is 0 Å². The van der Waals surface area contributed by atoms with E-state index in [-0.39, 0.29) is 23.5 Å². The van der Waals surface area contributed by atoms with Crippen LogP contribution in [0.1, 0.15) is 17.5 Å². The summed E-state index contributed by atoms with van der Waals surface area (Å²) in [7, 11) is 0. The van der Waals surface area contributed by atoms with Gasteiger partial charge in [0.25, 0.3) is 0 Å². The number of fused-ring (bicyclic) bond motifs is 1. The minimum Gasteiger partial charge on any atom is -0.308 e. The Bertz CT molecular complexity index is 957. The van der Waals surface area contributed by atoms with Crippen LogP contribution in [0.3, 0.4) is 0 Å². The normalized spacial score (nSPS) is 20.0. The fraction of sp³-hybridized carbons (Fsp3) is 0.200. The monoisotopic (exact) mass is 369 g/mol. The minimum absolute atomic E-state index is 0.0113. The molecule has 2 aliphatic carbocycles. The summed E-state index contributed by atoms with van der Waals surface area (Å²) in [6.45, 7) is 4.69. The Hall–Kier alpha value is -3.20. The average Bonchev–Trinajstić information content (AvgIpc) is 3.30. The summed E-state index contributed by atoms with van der Waals surface area (Å²) < 4.78 is 0. The third-order valence-electron chi connectivity index (χ3n) is 5.53. The predicted molar refractivity (Wildman–Crippen MR) is 110 cm³/mol. The molecule has 0 saturated heterocycles. The topological polar surface area (TPSA) is 37.4 Å². The summed E-state index contributed by atoms with van der Waals surface area (Å²) in [6, 6.07) is 19.6. The van der Waals surface area contributed by atoms with Crippen molar-refractivity contribution in [2.75, 3.05) is 0 Å². The van der Waals surface area contributed by atoms with E-state index in [0.29, 0.717) is 18.7 Å². The Kier molecular flexibility index (Phi) is 5.07. The van der Waals surface area contributed by atoms with Gasteiger partial charge in [-0.3, -0.25) is 9.59 Å². The van der Waals surface area contributed by atoms with Crippen molar-refractivity contribution in [3.8, 4) is 0 Å². The van der Waals surface area contributed by atoms with Crippen molar-refractivity contribution >= 4 is 11.7 Å². The second-order valence-electron chi connectivity index (χ2n) is 7.37. The van der Waals surface area contributed by atoms with Crippen LogP contribution >= 0.6 is 0 Å². The van der Waals surface area contributed by atoms with Gasteiger partial charge in [-0.1, -0.05) is 79.4 Å². The number of carbonyl (C=O) groups excluding carboxylic acids is 2. The molecule has 2 aromatic rings. The molecule has 28 heavy (non-hydrogen) atoms. The first kappa shape index (κ1) is 18.2. The highest BCUT2D eigenvalue weighted by Gasteiger charge is 2.39. The number of carbonyl (C=O) groups is 2. The predicted octanol–water partition coefficient (Wildman–Crippen LogP) is 4.47. The Morgan fingerprint density at radius 2 is 1.64 bits per heavy atom. The molecule has 1 amide bonds. The maximum atomic E-state index is 13.2. The molecule has 0 aliphatic heterocycles.